The Balaban J connectivity index is 1.63. The van der Waals surface area contributed by atoms with E-state index in [1.807, 2.05) is 26.0 Å². The van der Waals surface area contributed by atoms with Gasteiger partial charge in [0.25, 0.3) is 0 Å². The van der Waals surface area contributed by atoms with Crippen LogP contribution in [0, 0.1) is 49.4 Å². The van der Waals surface area contributed by atoms with E-state index in [4.69, 9.17) is 0 Å². The fourth-order valence-corrected chi connectivity index (χ4v) is 6.12. The average molecular weight is 372 g/mol. The Kier molecular flexibility index (Phi) is 2.64. The summed E-state index contributed by atoms with van der Waals surface area (Å²) >= 11 is 3.49. The number of benzene rings is 1. The predicted molar refractivity (Wildman–Crippen MR) is 90.8 cm³/mol. The van der Waals surface area contributed by atoms with Crippen molar-refractivity contribution >= 4 is 33.4 Å². The molecule has 1 heterocycles. The lowest BCUT2D eigenvalue weighted by Crippen LogP contribution is -2.40. The minimum absolute atomic E-state index is 0.0261. The van der Waals surface area contributed by atoms with Crippen LogP contribution in [0.15, 0.2) is 28.8 Å². The summed E-state index contributed by atoms with van der Waals surface area (Å²) < 4.78 is 0.982. The summed E-state index contributed by atoms with van der Waals surface area (Å²) in [5.41, 5.74) is 2.75. The number of nitrogens with zero attached hydrogens (tertiary/aromatic N) is 1. The molecule has 3 fully saturated rings. The Hall–Kier alpha value is -1.42. The minimum atomic E-state index is -0.122. The monoisotopic (exact) mass is 371 g/mol. The Labute approximate surface area is 143 Å². The maximum atomic E-state index is 13.2. The third kappa shape index (κ3) is 1.65. The van der Waals surface area contributed by atoms with Crippen LogP contribution in [-0.4, -0.2) is 11.8 Å². The molecule has 2 bridgehead atoms. The second-order valence-electron chi connectivity index (χ2n) is 7.55. The molecule has 3 nitrogen and oxygen atoms in total. The van der Waals surface area contributed by atoms with Crippen LogP contribution in [0.2, 0.25) is 0 Å². The Morgan fingerprint density at radius 2 is 1.43 bits per heavy atom. The summed E-state index contributed by atoms with van der Waals surface area (Å²) in [5.74, 6) is 1.67. The van der Waals surface area contributed by atoms with Gasteiger partial charge in [0.05, 0.1) is 17.5 Å². The van der Waals surface area contributed by atoms with Gasteiger partial charge >= 0.3 is 0 Å². The van der Waals surface area contributed by atoms with Crippen LogP contribution in [-0.2, 0) is 9.59 Å². The standard InChI is InChI=1S/C19H18BrNO2/c1-8-5-10(20)6-9(2)17(8)21-18(22)15-11-3-4-12(14-7-13(11)14)16(15)19(21)23/h3-6,11-16H,7H2,1-2H3/t11-,12-,13-,14+,15-,16+/m1/s1. The molecule has 2 saturated carbocycles. The molecule has 0 aromatic heterocycles. The van der Waals surface area contributed by atoms with Gasteiger partial charge in [-0.05, 0) is 67.2 Å². The summed E-state index contributed by atoms with van der Waals surface area (Å²) in [6.45, 7) is 3.94. The number of hydrogen-bond acceptors (Lipinski definition) is 2. The first kappa shape index (κ1) is 14.0. The summed E-state index contributed by atoms with van der Waals surface area (Å²) in [6, 6.07) is 3.96. The molecule has 118 valence electrons. The first-order valence-corrected chi connectivity index (χ1v) is 9.11. The van der Waals surface area contributed by atoms with E-state index < -0.39 is 0 Å². The first-order valence-electron chi connectivity index (χ1n) is 8.32. The smallest absolute Gasteiger partial charge is 0.238 e. The van der Waals surface area contributed by atoms with E-state index in [0.29, 0.717) is 11.8 Å². The van der Waals surface area contributed by atoms with Crippen molar-refractivity contribution in [3.63, 3.8) is 0 Å². The summed E-state index contributed by atoms with van der Waals surface area (Å²) in [7, 11) is 0. The number of allylic oxidation sites excluding steroid dienone is 2. The molecule has 1 aliphatic heterocycles. The fraction of sp³-hybridized carbons (Fsp3) is 0.474. The highest BCUT2D eigenvalue weighted by atomic mass is 79.9. The molecule has 1 aromatic rings. The third-order valence-corrected chi connectivity index (χ3v) is 6.80. The van der Waals surface area contributed by atoms with Crippen LogP contribution in [0.4, 0.5) is 5.69 Å². The van der Waals surface area contributed by atoms with Gasteiger partial charge in [0.15, 0.2) is 0 Å². The number of carbonyl (C=O) groups excluding carboxylic acids is 2. The number of carbonyl (C=O) groups is 2. The van der Waals surface area contributed by atoms with Gasteiger partial charge in [0.2, 0.25) is 11.8 Å². The highest BCUT2D eigenvalue weighted by Crippen LogP contribution is 2.65. The fourth-order valence-electron chi connectivity index (χ4n) is 5.43. The van der Waals surface area contributed by atoms with Crippen molar-refractivity contribution in [3.8, 4) is 0 Å². The van der Waals surface area contributed by atoms with Crippen molar-refractivity contribution in [1.82, 2.24) is 0 Å². The number of anilines is 1. The van der Waals surface area contributed by atoms with Crippen molar-refractivity contribution < 1.29 is 9.59 Å². The second-order valence-corrected chi connectivity index (χ2v) is 8.47. The molecule has 6 atom stereocenters. The molecule has 4 heteroatoms. The van der Waals surface area contributed by atoms with Crippen molar-refractivity contribution in [1.29, 1.82) is 0 Å². The minimum Gasteiger partial charge on any atom is -0.274 e. The van der Waals surface area contributed by atoms with E-state index in [1.165, 1.54) is 11.3 Å². The van der Waals surface area contributed by atoms with Crippen LogP contribution in [0.1, 0.15) is 17.5 Å². The lowest BCUT2D eigenvalue weighted by molar-refractivity contribution is -0.124. The predicted octanol–water partition coefficient (Wildman–Crippen LogP) is 3.62. The van der Waals surface area contributed by atoms with Crippen LogP contribution < -0.4 is 4.90 Å². The van der Waals surface area contributed by atoms with E-state index >= 15 is 0 Å². The zero-order valence-electron chi connectivity index (χ0n) is 13.1. The van der Waals surface area contributed by atoms with E-state index in [2.05, 4.69) is 28.1 Å². The van der Waals surface area contributed by atoms with Gasteiger partial charge in [-0.15, -0.1) is 0 Å². The molecule has 5 aliphatic rings. The highest BCUT2D eigenvalue weighted by molar-refractivity contribution is 9.10. The normalized spacial score (nSPS) is 39.7. The Bertz CT molecular complexity index is 740. The molecular formula is C19H18BrNO2. The van der Waals surface area contributed by atoms with Gasteiger partial charge in [0.1, 0.15) is 0 Å². The van der Waals surface area contributed by atoms with Gasteiger partial charge in [-0.2, -0.15) is 0 Å². The SMILES string of the molecule is Cc1cc(Br)cc(C)c1N1C(=O)[C@@H]2[C@@H]3C=C[C@H]([C@@H]4C[C@H]34)[C@@H]2C1=O. The van der Waals surface area contributed by atoms with Gasteiger partial charge in [-0.1, -0.05) is 28.1 Å². The van der Waals surface area contributed by atoms with Crippen molar-refractivity contribution in [2.45, 2.75) is 20.3 Å². The molecule has 0 unspecified atom stereocenters. The van der Waals surface area contributed by atoms with E-state index in [-0.39, 0.29) is 35.5 Å². The van der Waals surface area contributed by atoms with Gasteiger partial charge < -0.3 is 0 Å². The third-order valence-electron chi connectivity index (χ3n) is 6.34. The van der Waals surface area contributed by atoms with E-state index in [1.54, 1.807) is 0 Å². The molecule has 1 saturated heterocycles. The quantitative estimate of drug-likeness (QED) is 0.558. The Morgan fingerprint density at radius 3 is 1.91 bits per heavy atom. The number of aryl methyl sites for hydroxylation is 2. The van der Waals surface area contributed by atoms with E-state index in [0.717, 1.165) is 21.3 Å². The maximum Gasteiger partial charge on any atom is 0.238 e. The largest absolute Gasteiger partial charge is 0.274 e. The van der Waals surface area contributed by atoms with Crippen LogP contribution in [0.25, 0.3) is 0 Å². The summed E-state index contributed by atoms with van der Waals surface area (Å²) in [5, 5.41) is 0. The van der Waals surface area contributed by atoms with Crippen molar-refractivity contribution in [2.24, 2.45) is 35.5 Å². The number of halogens is 1. The van der Waals surface area contributed by atoms with Crippen LogP contribution >= 0.6 is 15.9 Å². The van der Waals surface area contributed by atoms with Crippen molar-refractivity contribution in [3.05, 3.63) is 39.9 Å². The highest BCUT2D eigenvalue weighted by Gasteiger charge is 2.67. The second kappa shape index (κ2) is 4.35. The lowest BCUT2D eigenvalue weighted by atomic mass is 9.63. The van der Waals surface area contributed by atoms with Gasteiger partial charge in [0, 0.05) is 4.47 Å². The molecule has 23 heavy (non-hydrogen) atoms. The Morgan fingerprint density at radius 1 is 0.957 bits per heavy atom. The molecule has 1 aromatic carbocycles. The first-order chi connectivity index (χ1) is 11.0. The molecule has 4 aliphatic carbocycles. The maximum absolute atomic E-state index is 13.2. The van der Waals surface area contributed by atoms with Gasteiger partial charge in [-0.25, -0.2) is 4.90 Å². The molecule has 0 radical (unpaired) electrons. The zero-order chi connectivity index (χ0) is 16.0. The number of imide groups is 1. The number of amides is 2. The van der Waals surface area contributed by atoms with Crippen molar-refractivity contribution in [2.75, 3.05) is 4.90 Å². The van der Waals surface area contributed by atoms with Crippen LogP contribution in [0.5, 0.6) is 0 Å². The van der Waals surface area contributed by atoms with Gasteiger partial charge in [-0.3, -0.25) is 9.59 Å². The number of rotatable bonds is 1. The topological polar surface area (TPSA) is 37.4 Å². The number of hydrogen-bond donors (Lipinski definition) is 0. The molecule has 0 N–H and O–H groups in total. The molecule has 6 rings (SSSR count). The average Bonchev–Trinajstić information content (AvgIpc) is 3.26. The summed E-state index contributed by atoms with van der Waals surface area (Å²) in [4.78, 5) is 27.8. The van der Waals surface area contributed by atoms with Crippen LogP contribution in [0.3, 0.4) is 0 Å². The van der Waals surface area contributed by atoms with E-state index in [9.17, 15) is 9.59 Å². The zero-order valence-corrected chi connectivity index (χ0v) is 14.7. The molecule has 0 spiro atoms. The summed E-state index contributed by atoms with van der Waals surface area (Å²) in [6.07, 6.45) is 5.64. The molecular weight excluding hydrogens is 354 g/mol. The lowest BCUT2D eigenvalue weighted by Gasteiger charge is -2.37. The molecule has 2 amide bonds.